The lowest BCUT2D eigenvalue weighted by Gasteiger charge is -2.35. The molecule has 0 spiro atoms. The van der Waals surface area contributed by atoms with Crippen LogP contribution in [0.5, 0.6) is 0 Å². The van der Waals surface area contributed by atoms with Gasteiger partial charge in [0.05, 0.1) is 6.42 Å². The standard InChI is InChI=1S/C18H20N4O3/c1-12-3-2-4-14-13(10-19-16(12)14)9-15(23)21-18(5-7-24-8-6-18)17-20-11-25-22-17/h2-4,10-11,19H,5-9H2,1H3,(H,21,23). The molecular weight excluding hydrogens is 320 g/mol. The molecule has 0 bridgehead atoms. The van der Waals surface area contributed by atoms with Crippen molar-refractivity contribution in [3.8, 4) is 0 Å². The van der Waals surface area contributed by atoms with Gasteiger partial charge in [-0.3, -0.25) is 4.79 Å². The van der Waals surface area contributed by atoms with Crippen LogP contribution >= 0.6 is 0 Å². The molecule has 0 saturated carbocycles. The highest BCUT2D eigenvalue weighted by atomic mass is 16.5. The zero-order chi connectivity index (χ0) is 17.3. The molecule has 1 fully saturated rings. The maximum Gasteiger partial charge on any atom is 0.225 e. The number of hydrogen-bond acceptors (Lipinski definition) is 5. The van der Waals surface area contributed by atoms with E-state index in [4.69, 9.17) is 9.26 Å². The third-order valence-electron chi connectivity index (χ3n) is 4.87. The van der Waals surface area contributed by atoms with Gasteiger partial charge in [-0.25, -0.2) is 0 Å². The molecule has 1 aromatic carbocycles. The Bertz CT molecular complexity index is 879. The molecule has 7 heteroatoms. The van der Waals surface area contributed by atoms with Gasteiger partial charge in [0.25, 0.3) is 0 Å². The summed E-state index contributed by atoms with van der Waals surface area (Å²) in [5.74, 6) is 0.452. The third kappa shape index (κ3) is 2.91. The molecule has 1 amide bonds. The molecule has 0 unspecified atom stereocenters. The van der Waals surface area contributed by atoms with Gasteiger partial charge >= 0.3 is 0 Å². The second kappa shape index (κ2) is 6.33. The fourth-order valence-electron chi connectivity index (χ4n) is 3.50. The van der Waals surface area contributed by atoms with E-state index in [0.717, 1.165) is 22.0 Å². The summed E-state index contributed by atoms with van der Waals surface area (Å²) in [6.45, 7) is 3.16. The number of aromatic nitrogens is 3. The molecule has 4 rings (SSSR count). The van der Waals surface area contributed by atoms with Gasteiger partial charge in [-0.2, -0.15) is 4.98 Å². The number of hydrogen-bond donors (Lipinski definition) is 2. The van der Waals surface area contributed by atoms with Gasteiger partial charge < -0.3 is 19.6 Å². The molecule has 1 aliphatic rings. The lowest BCUT2D eigenvalue weighted by atomic mass is 9.88. The number of H-pyrrole nitrogens is 1. The minimum absolute atomic E-state index is 0.0610. The Labute approximate surface area is 144 Å². The number of rotatable bonds is 4. The van der Waals surface area contributed by atoms with E-state index < -0.39 is 5.54 Å². The van der Waals surface area contributed by atoms with Crippen molar-refractivity contribution >= 4 is 16.8 Å². The fraction of sp³-hybridized carbons (Fsp3) is 0.389. The van der Waals surface area contributed by atoms with E-state index >= 15 is 0 Å². The zero-order valence-corrected chi connectivity index (χ0v) is 14.0. The average Bonchev–Trinajstić information content (AvgIpc) is 3.27. The Kier molecular flexibility index (Phi) is 4.01. The summed E-state index contributed by atoms with van der Waals surface area (Å²) in [5, 5.41) is 8.18. The molecule has 25 heavy (non-hydrogen) atoms. The Morgan fingerprint density at radius 1 is 1.36 bits per heavy atom. The quantitative estimate of drug-likeness (QED) is 0.760. The summed E-state index contributed by atoms with van der Waals surface area (Å²) < 4.78 is 10.3. The average molecular weight is 340 g/mol. The minimum Gasteiger partial charge on any atom is -0.381 e. The van der Waals surface area contributed by atoms with Gasteiger partial charge in [-0.05, 0) is 18.1 Å². The SMILES string of the molecule is Cc1cccc2c(CC(=O)NC3(c4ncon4)CCOCC3)c[nH]c12. The number of amides is 1. The van der Waals surface area contributed by atoms with E-state index in [2.05, 4.69) is 33.4 Å². The van der Waals surface area contributed by atoms with Gasteiger partial charge in [0, 0.05) is 43.2 Å². The summed E-state index contributed by atoms with van der Waals surface area (Å²) in [7, 11) is 0. The summed E-state index contributed by atoms with van der Waals surface area (Å²) in [4.78, 5) is 20.2. The molecule has 0 radical (unpaired) electrons. The monoisotopic (exact) mass is 340 g/mol. The van der Waals surface area contributed by atoms with Crippen LogP contribution in [0.4, 0.5) is 0 Å². The van der Waals surface area contributed by atoms with Crippen LogP contribution in [-0.4, -0.2) is 34.2 Å². The number of nitrogens with one attached hydrogen (secondary N) is 2. The van der Waals surface area contributed by atoms with Crippen molar-refractivity contribution in [2.45, 2.75) is 31.7 Å². The molecule has 1 saturated heterocycles. The molecule has 130 valence electrons. The number of fused-ring (bicyclic) bond motifs is 1. The summed E-state index contributed by atoms with van der Waals surface area (Å²) in [5.41, 5.74) is 2.59. The first-order chi connectivity index (χ1) is 12.2. The largest absolute Gasteiger partial charge is 0.381 e. The lowest BCUT2D eigenvalue weighted by Crippen LogP contribution is -2.50. The van der Waals surface area contributed by atoms with Crippen LogP contribution in [0.3, 0.4) is 0 Å². The number of benzene rings is 1. The van der Waals surface area contributed by atoms with Gasteiger partial charge in [-0.1, -0.05) is 23.4 Å². The molecule has 3 aromatic rings. The van der Waals surface area contributed by atoms with Crippen LogP contribution in [0.2, 0.25) is 0 Å². The van der Waals surface area contributed by atoms with Crippen LogP contribution in [-0.2, 0) is 21.5 Å². The number of nitrogens with zero attached hydrogens (tertiary/aromatic N) is 2. The summed E-state index contributed by atoms with van der Waals surface area (Å²) in [6, 6.07) is 6.09. The molecule has 0 aliphatic carbocycles. The minimum atomic E-state index is -0.621. The first-order valence-electron chi connectivity index (χ1n) is 8.39. The predicted molar refractivity (Wildman–Crippen MR) is 90.9 cm³/mol. The molecule has 2 aromatic heterocycles. The Balaban J connectivity index is 1.57. The van der Waals surface area contributed by atoms with E-state index in [0.29, 0.717) is 38.3 Å². The molecule has 7 nitrogen and oxygen atoms in total. The van der Waals surface area contributed by atoms with Crippen LogP contribution in [0.1, 0.15) is 29.8 Å². The summed E-state index contributed by atoms with van der Waals surface area (Å²) >= 11 is 0. The van der Waals surface area contributed by atoms with Crippen LogP contribution < -0.4 is 5.32 Å². The zero-order valence-electron chi connectivity index (χ0n) is 14.0. The Hall–Kier alpha value is -2.67. The van der Waals surface area contributed by atoms with Crippen LogP contribution in [0.15, 0.2) is 35.3 Å². The van der Waals surface area contributed by atoms with E-state index in [1.54, 1.807) is 0 Å². The molecule has 0 atom stereocenters. The number of carbonyl (C=O) groups excluding carboxylic acids is 1. The Morgan fingerprint density at radius 3 is 2.96 bits per heavy atom. The van der Waals surface area contributed by atoms with E-state index in [1.165, 1.54) is 6.39 Å². The Morgan fingerprint density at radius 2 is 2.20 bits per heavy atom. The van der Waals surface area contributed by atoms with Crippen molar-refractivity contribution in [3.05, 3.63) is 47.7 Å². The van der Waals surface area contributed by atoms with Crippen molar-refractivity contribution in [2.75, 3.05) is 13.2 Å². The van der Waals surface area contributed by atoms with Gasteiger partial charge in [0.2, 0.25) is 12.3 Å². The van der Waals surface area contributed by atoms with Crippen molar-refractivity contribution in [1.82, 2.24) is 20.4 Å². The maximum atomic E-state index is 12.8. The maximum absolute atomic E-state index is 12.8. The highest BCUT2D eigenvalue weighted by Gasteiger charge is 2.39. The highest BCUT2D eigenvalue weighted by Crippen LogP contribution is 2.30. The third-order valence-corrected chi connectivity index (χ3v) is 4.87. The van der Waals surface area contributed by atoms with Gasteiger partial charge in [0.15, 0.2) is 5.82 Å². The van der Waals surface area contributed by atoms with E-state index in [1.807, 2.05) is 18.3 Å². The van der Waals surface area contributed by atoms with E-state index in [9.17, 15) is 4.79 Å². The second-order valence-corrected chi connectivity index (χ2v) is 6.49. The number of ether oxygens (including phenoxy) is 1. The smallest absolute Gasteiger partial charge is 0.225 e. The first kappa shape index (κ1) is 15.8. The summed E-state index contributed by atoms with van der Waals surface area (Å²) in [6.07, 6.45) is 4.75. The van der Waals surface area contributed by atoms with Crippen molar-refractivity contribution in [3.63, 3.8) is 0 Å². The van der Waals surface area contributed by atoms with Crippen molar-refractivity contribution in [1.29, 1.82) is 0 Å². The topological polar surface area (TPSA) is 93.0 Å². The van der Waals surface area contributed by atoms with Gasteiger partial charge in [0.1, 0.15) is 5.54 Å². The van der Waals surface area contributed by atoms with Crippen LogP contribution in [0.25, 0.3) is 10.9 Å². The van der Waals surface area contributed by atoms with Gasteiger partial charge in [-0.15, -0.1) is 0 Å². The fourth-order valence-corrected chi connectivity index (χ4v) is 3.50. The molecule has 1 aliphatic heterocycles. The highest BCUT2D eigenvalue weighted by molar-refractivity contribution is 5.90. The number of aromatic amines is 1. The molecular formula is C18H20N4O3. The van der Waals surface area contributed by atoms with E-state index in [-0.39, 0.29) is 5.91 Å². The second-order valence-electron chi connectivity index (χ2n) is 6.49. The van der Waals surface area contributed by atoms with Crippen molar-refractivity contribution < 1.29 is 14.1 Å². The predicted octanol–water partition coefficient (Wildman–Crippen LogP) is 2.22. The molecule has 2 N–H and O–H groups in total. The number of para-hydroxylation sites is 1. The number of carbonyl (C=O) groups is 1. The number of aryl methyl sites for hydroxylation is 1. The molecule has 3 heterocycles. The van der Waals surface area contributed by atoms with Crippen LogP contribution in [0, 0.1) is 6.92 Å². The lowest BCUT2D eigenvalue weighted by molar-refractivity contribution is -0.124. The first-order valence-corrected chi connectivity index (χ1v) is 8.39. The van der Waals surface area contributed by atoms with Crippen molar-refractivity contribution in [2.24, 2.45) is 0 Å². The normalized spacial score (nSPS) is 16.8.